The minimum atomic E-state index is -4.69. The first-order chi connectivity index (χ1) is 18.0. The number of phenolic OH excluding ortho intramolecular Hbond substituents is 1. The van der Waals surface area contributed by atoms with E-state index >= 15 is 0 Å². The molecule has 0 fully saturated rings. The average molecular weight is 574 g/mol. The van der Waals surface area contributed by atoms with Gasteiger partial charge in [0.2, 0.25) is 0 Å². The molecule has 0 heterocycles. The number of fused-ring (bicyclic) bond motifs is 1. The topological polar surface area (TPSA) is 138 Å². The Morgan fingerprint density at radius 1 is 1.03 bits per heavy atom. The Hall–Kier alpha value is -3.70. The summed E-state index contributed by atoms with van der Waals surface area (Å²) in [6, 6.07) is 15.6. The van der Waals surface area contributed by atoms with Crippen LogP contribution in [0.15, 0.2) is 75.8 Å². The number of ether oxygens (including phenoxy) is 1. The molecule has 0 saturated heterocycles. The highest BCUT2D eigenvalue weighted by Gasteiger charge is 2.22. The predicted octanol–water partition coefficient (Wildman–Crippen LogP) is 7.47. The molecule has 1 amide bonds. The van der Waals surface area contributed by atoms with Crippen LogP contribution in [0.2, 0.25) is 10.0 Å². The first kappa shape index (κ1) is 27.3. The third kappa shape index (κ3) is 5.73. The van der Waals surface area contributed by atoms with Crippen LogP contribution in [-0.4, -0.2) is 30.6 Å². The van der Waals surface area contributed by atoms with E-state index in [0.29, 0.717) is 28.7 Å². The quantitative estimate of drug-likeness (QED) is 0.155. The van der Waals surface area contributed by atoms with Gasteiger partial charge in [-0.3, -0.25) is 9.35 Å². The zero-order valence-electron chi connectivity index (χ0n) is 20.1. The van der Waals surface area contributed by atoms with E-state index in [0.717, 1.165) is 6.07 Å². The van der Waals surface area contributed by atoms with E-state index < -0.39 is 26.7 Å². The number of hydrogen-bond acceptors (Lipinski definition) is 7. The van der Waals surface area contributed by atoms with Crippen molar-refractivity contribution in [2.24, 2.45) is 10.2 Å². The molecular formula is C26H21Cl2N3O6S. The van der Waals surface area contributed by atoms with Crippen molar-refractivity contribution in [3.05, 3.63) is 81.8 Å². The number of hydrogen-bond donors (Lipinski definition) is 3. The average Bonchev–Trinajstić information content (AvgIpc) is 2.85. The monoisotopic (exact) mass is 573 g/mol. The van der Waals surface area contributed by atoms with Gasteiger partial charge in [-0.1, -0.05) is 47.5 Å². The fourth-order valence-electron chi connectivity index (χ4n) is 3.77. The number of nitrogens with zero attached hydrogens (tertiary/aromatic N) is 2. The second-order valence-corrected chi connectivity index (χ2v) is 10.3. The lowest BCUT2D eigenvalue weighted by Gasteiger charge is -2.13. The van der Waals surface area contributed by atoms with Gasteiger partial charge in [0, 0.05) is 16.5 Å². The van der Waals surface area contributed by atoms with E-state index in [9.17, 15) is 22.9 Å². The molecule has 4 aromatic carbocycles. The zero-order chi connectivity index (χ0) is 27.6. The van der Waals surface area contributed by atoms with Gasteiger partial charge in [-0.25, -0.2) is 0 Å². The fourth-order valence-corrected chi connectivity index (χ4v) is 4.99. The molecule has 38 heavy (non-hydrogen) atoms. The van der Waals surface area contributed by atoms with Gasteiger partial charge >= 0.3 is 0 Å². The van der Waals surface area contributed by atoms with Crippen LogP contribution < -0.4 is 10.1 Å². The summed E-state index contributed by atoms with van der Waals surface area (Å²) >= 11 is 12.2. The molecule has 0 atom stereocenters. The number of aromatic hydroxyl groups is 1. The Balaban J connectivity index is 1.83. The Morgan fingerprint density at radius 3 is 2.45 bits per heavy atom. The largest absolute Gasteiger partial charge is 0.505 e. The van der Waals surface area contributed by atoms with Gasteiger partial charge in [0.05, 0.1) is 22.9 Å². The molecule has 0 radical (unpaired) electrons. The van der Waals surface area contributed by atoms with Gasteiger partial charge in [-0.2, -0.15) is 8.42 Å². The number of carbonyl (C=O) groups excluding carboxylic acids is 1. The first-order valence-electron chi connectivity index (χ1n) is 11.2. The number of amides is 1. The normalized spacial score (nSPS) is 11.7. The molecule has 9 nitrogen and oxygen atoms in total. The Morgan fingerprint density at radius 2 is 1.74 bits per heavy atom. The number of benzene rings is 4. The summed E-state index contributed by atoms with van der Waals surface area (Å²) in [5.74, 6) is -0.680. The number of anilines is 1. The lowest BCUT2D eigenvalue weighted by molar-refractivity contribution is 0.102. The molecule has 196 valence electrons. The molecule has 0 unspecified atom stereocenters. The highest BCUT2D eigenvalue weighted by molar-refractivity contribution is 7.86. The van der Waals surface area contributed by atoms with E-state index in [4.69, 9.17) is 27.9 Å². The first-order valence-corrected chi connectivity index (χ1v) is 13.4. The van der Waals surface area contributed by atoms with E-state index in [-0.39, 0.29) is 32.7 Å². The van der Waals surface area contributed by atoms with Crippen LogP contribution in [0.3, 0.4) is 0 Å². The molecule has 4 rings (SSSR count). The van der Waals surface area contributed by atoms with Crippen molar-refractivity contribution >= 4 is 67.1 Å². The minimum absolute atomic E-state index is 0.0770. The SMILES string of the molecule is CCOc1ccc(Cl)c(NC(=O)c2cc3ccccc3c(N=Nc3c(C)cc(Cl)cc3S(=O)(=O)O)c2O)c1. The highest BCUT2D eigenvalue weighted by Crippen LogP contribution is 2.41. The predicted molar refractivity (Wildman–Crippen MR) is 146 cm³/mol. The lowest BCUT2D eigenvalue weighted by Crippen LogP contribution is -2.12. The van der Waals surface area contributed by atoms with E-state index in [1.54, 1.807) is 42.5 Å². The number of rotatable bonds is 7. The maximum absolute atomic E-state index is 13.2. The van der Waals surface area contributed by atoms with Crippen molar-refractivity contribution in [1.29, 1.82) is 0 Å². The van der Waals surface area contributed by atoms with Crippen LogP contribution in [0.4, 0.5) is 17.1 Å². The van der Waals surface area contributed by atoms with Crippen LogP contribution in [0.1, 0.15) is 22.8 Å². The molecule has 0 aliphatic rings. The van der Waals surface area contributed by atoms with Gasteiger partial charge in [0.1, 0.15) is 22.0 Å². The summed E-state index contributed by atoms with van der Waals surface area (Å²) < 4.78 is 39.0. The third-order valence-corrected chi connectivity index (χ3v) is 6.91. The number of aryl methyl sites for hydroxylation is 1. The smallest absolute Gasteiger partial charge is 0.296 e. The van der Waals surface area contributed by atoms with Crippen LogP contribution in [-0.2, 0) is 10.1 Å². The van der Waals surface area contributed by atoms with Crippen LogP contribution in [0, 0.1) is 6.92 Å². The standard InChI is InChI=1S/C26H21Cl2N3O6S/c1-3-37-17-8-9-20(28)21(13-17)29-26(33)19-11-15-6-4-5-7-18(15)24(25(19)32)31-30-23-14(2)10-16(27)12-22(23)38(34,35)36/h4-13,32H,3H2,1-2H3,(H,29,33)(H,34,35,36). The van der Waals surface area contributed by atoms with Crippen molar-refractivity contribution < 1.29 is 27.6 Å². The summed E-state index contributed by atoms with van der Waals surface area (Å²) in [6.07, 6.45) is 0. The molecular weight excluding hydrogens is 553 g/mol. The summed E-state index contributed by atoms with van der Waals surface area (Å²) in [6.45, 7) is 3.78. The van der Waals surface area contributed by atoms with Gasteiger partial charge in [-0.15, -0.1) is 10.2 Å². The zero-order valence-corrected chi connectivity index (χ0v) is 22.4. The number of phenols is 1. The number of halogens is 2. The molecule has 0 saturated carbocycles. The molecule has 0 aliphatic carbocycles. The molecule has 0 aliphatic heterocycles. The summed E-state index contributed by atoms with van der Waals surface area (Å²) in [4.78, 5) is 12.7. The Kier molecular flexibility index (Phi) is 7.89. The number of carbonyl (C=O) groups is 1. The van der Waals surface area contributed by atoms with Gasteiger partial charge in [0.15, 0.2) is 5.75 Å². The molecule has 3 N–H and O–H groups in total. The van der Waals surface area contributed by atoms with Crippen molar-refractivity contribution in [3.63, 3.8) is 0 Å². The van der Waals surface area contributed by atoms with Gasteiger partial charge in [-0.05, 0) is 55.1 Å². The van der Waals surface area contributed by atoms with Crippen LogP contribution in [0.5, 0.6) is 11.5 Å². The van der Waals surface area contributed by atoms with E-state index in [1.165, 1.54) is 19.1 Å². The second kappa shape index (κ2) is 11.0. The van der Waals surface area contributed by atoms with Gasteiger partial charge in [0.25, 0.3) is 16.0 Å². The lowest BCUT2D eigenvalue weighted by atomic mass is 10.0. The number of azo groups is 1. The Labute approximate surface area is 228 Å². The summed E-state index contributed by atoms with van der Waals surface area (Å²) in [7, 11) is -4.69. The van der Waals surface area contributed by atoms with Crippen molar-refractivity contribution in [3.8, 4) is 11.5 Å². The van der Waals surface area contributed by atoms with E-state index in [1.807, 2.05) is 6.92 Å². The van der Waals surface area contributed by atoms with Gasteiger partial charge < -0.3 is 15.2 Å². The minimum Gasteiger partial charge on any atom is -0.505 e. The van der Waals surface area contributed by atoms with Crippen molar-refractivity contribution in [2.75, 3.05) is 11.9 Å². The number of nitrogens with one attached hydrogen (secondary N) is 1. The molecule has 12 heteroatoms. The summed E-state index contributed by atoms with van der Waals surface area (Å²) in [5.41, 5.74) is 0.203. The molecule has 0 aromatic heterocycles. The summed E-state index contributed by atoms with van der Waals surface area (Å²) in [5, 5.41) is 23.2. The van der Waals surface area contributed by atoms with Crippen molar-refractivity contribution in [1.82, 2.24) is 0 Å². The Bertz CT molecular complexity index is 1710. The molecule has 0 spiro atoms. The van der Waals surface area contributed by atoms with Crippen LogP contribution >= 0.6 is 23.2 Å². The maximum Gasteiger partial charge on any atom is 0.296 e. The highest BCUT2D eigenvalue weighted by atomic mass is 35.5. The van der Waals surface area contributed by atoms with Crippen molar-refractivity contribution in [2.45, 2.75) is 18.7 Å². The molecule has 4 aromatic rings. The molecule has 0 bridgehead atoms. The van der Waals surface area contributed by atoms with E-state index in [2.05, 4.69) is 15.5 Å². The van der Waals surface area contributed by atoms with Crippen LogP contribution in [0.25, 0.3) is 10.8 Å². The second-order valence-electron chi connectivity index (χ2n) is 8.12. The maximum atomic E-state index is 13.2. The third-order valence-electron chi connectivity index (χ3n) is 5.50. The fraction of sp³-hybridized carbons (Fsp3) is 0.115.